The zero-order valence-corrected chi connectivity index (χ0v) is 26.7. The Kier molecular flexibility index (Phi) is 11.3. The number of halogens is 2. The largest absolute Gasteiger partial charge is 0.497 e. The Hall–Kier alpha value is -3.27. The summed E-state index contributed by atoms with van der Waals surface area (Å²) in [6.45, 7) is 1.39. The molecule has 2 amide bonds. The number of methoxy groups -OCH3 is 1. The average Bonchev–Trinajstić information content (AvgIpc) is 3.01. The number of carbonyl (C=O) groups is 2. The number of ether oxygens (including phenoxy) is 1. The van der Waals surface area contributed by atoms with E-state index in [9.17, 15) is 18.0 Å². The molecule has 0 aromatic heterocycles. The van der Waals surface area contributed by atoms with E-state index in [-0.39, 0.29) is 29.1 Å². The van der Waals surface area contributed by atoms with Crippen LogP contribution >= 0.6 is 23.2 Å². The van der Waals surface area contributed by atoms with Crippen molar-refractivity contribution in [1.29, 1.82) is 0 Å². The molecule has 1 saturated carbocycles. The van der Waals surface area contributed by atoms with Gasteiger partial charge in [0.2, 0.25) is 11.8 Å². The Morgan fingerprint density at radius 2 is 1.63 bits per heavy atom. The number of anilines is 1. The van der Waals surface area contributed by atoms with E-state index in [2.05, 4.69) is 5.32 Å². The minimum Gasteiger partial charge on any atom is -0.497 e. The molecule has 3 aromatic rings. The number of rotatable bonds is 12. The van der Waals surface area contributed by atoms with Crippen molar-refractivity contribution >= 4 is 50.7 Å². The lowest BCUT2D eigenvalue weighted by atomic mass is 9.95. The van der Waals surface area contributed by atoms with Gasteiger partial charge in [-0.25, -0.2) is 8.42 Å². The number of amides is 2. The maximum absolute atomic E-state index is 14.2. The lowest BCUT2D eigenvalue weighted by Gasteiger charge is -2.34. The van der Waals surface area contributed by atoms with Crippen LogP contribution in [0.3, 0.4) is 0 Å². The number of hydrogen-bond donors (Lipinski definition) is 1. The van der Waals surface area contributed by atoms with Crippen molar-refractivity contribution in [2.75, 3.05) is 18.0 Å². The monoisotopic (exact) mass is 645 g/mol. The minimum absolute atomic E-state index is 0.0209. The Labute approximate surface area is 264 Å². The number of sulfonamides is 1. The first-order chi connectivity index (χ1) is 20.6. The quantitative estimate of drug-likeness (QED) is 0.244. The molecule has 1 atom stereocenters. The van der Waals surface area contributed by atoms with Gasteiger partial charge in [0.15, 0.2) is 0 Å². The van der Waals surface area contributed by atoms with Gasteiger partial charge in [0.05, 0.1) is 17.7 Å². The lowest BCUT2D eigenvalue weighted by molar-refractivity contribution is -0.140. The topological polar surface area (TPSA) is 96.0 Å². The summed E-state index contributed by atoms with van der Waals surface area (Å²) in [6.07, 6.45) is 5.39. The van der Waals surface area contributed by atoms with Gasteiger partial charge >= 0.3 is 0 Å². The van der Waals surface area contributed by atoms with Crippen molar-refractivity contribution in [2.45, 2.75) is 69.0 Å². The van der Waals surface area contributed by atoms with Crippen LogP contribution < -0.4 is 14.4 Å². The maximum Gasteiger partial charge on any atom is 0.264 e. The Bertz CT molecular complexity index is 1490. The van der Waals surface area contributed by atoms with Crippen molar-refractivity contribution in [3.63, 3.8) is 0 Å². The lowest BCUT2D eigenvalue weighted by Crippen LogP contribution is -2.54. The number of carbonyl (C=O) groups excluding carboxylic acids is 2. The fourth-order valence-corrected chi connectivity index (χ4v) is 7.00. The van der Waals surface area contributed by atoms with Crippen molar-refractivity contribution < 1.29 is 22.7 Å². The van der Waals surface area contributed by atoms with Crippen molar-refractivity contribution in [3.05, 3.63) is 88.4 Å². The second-order valence-corrected chi connectivity index (χ2v) is 13.3. The third kappa shape index (κ3) is 8.43. The molecule has 8 nitrogen and oxygen atoms in total. The van der Waals surface area contributed by atoms with E-state index in [1.807, 2.05) is 6.92 Å². The first-order valence-electron chi connectivity index (χ1n) is 14.4. The highest BCUT2D eigenvalue weighted by atomic mass is 35.5. The summed E-state index contributed by atoms with van der Waals surface area (Å²) in [5, 5.41) is 4.00. The molecule has 0 saturated heterocycles. The standard InChI is InChI=1S/C32H37Cl2N3O5S/c1-3-30(32(39)35-26-9-5-4-6-10-26)36(21-23-12-14-24(33)15-13-23)31(38)22-37(27-11-7-8-25(34)20-27)43(40,41)29-18-16-28(42-2)17-19-29/h7-8,11-20,26,30H,3-6,9-10,21-22H2,1-2H3,(H,35,39). The minimum atomic E-state index is -4.22. The summed E-state index contributed by atoms with van der Waals surface area (Å²) in [5.74, 6) is -0.282. The summed E-state index contributed by atoms with van der Waals surface area (Å²) in [4.78, 5) is 29.3. The van der Waals surface area contributed by atoms with E-state index in [0.717, 1.165) is 42.0 Å². The Balaban J connectivity index is 1.70. The van der Waals surface area contributed by atoms with Crippen molar-refractivity contribution in [3.8, 4) is 5.75 Å². The molecule has 43 heavy (non-hydrogen) atoms. The van der Waals surface area contributed by atoms with Gasteiger partial charge in [-0.2, -0.15) is 0 Å². The second-order valence-electron chi connectivity index (χ2n) is 10.6. The number of nitrogens with zero attached hydrogens (tertiary/aromatic N) is 2. The van der Waals surface area contributed by atoms with Gasteiger partial charge in [0.1, 0.15) is 18.3 Å². The third-order valence-electron chi connectivity index (χ3n) is 7.63. The molecule has 0 radical (unpaired) electrons. The van der Waals surface area contributed by atoms with Crippen LogP contribution in [0.15, 0.2) is 77.7 Å². The van der Waals surface area contributed by atoms with E-state index in [4.69, 9.17) is 27.9 Å². The fourth-order valence-electron chi connectivity index (χ4n) is 5.29. The Morgan fingerprint density at radius 1 is 0.953 bits per heavy atom. The van der Waals surface area contributed by atoms with E-state index in [0.29, 0.717) is 22.2 Å². The second kappa shape index (κ2) is 14.9. The summed E-state index contributed by atoms with van der Waals surface area (Å²) in [5.41, 5.74) is 0.983. The van der Waals surface area contributed by atoms with Gasteiger partial charge in [-0.3, -0.25) is 13.9 Å². The van der Waals surface area contributed by atoms with Crippen LogP contribution in [-0.2, 0) is 26.2 Å². The normalized spacial score (nSPS) is 14.5. The molecule has 11 heteroatoms. The molecule has 0 aliphatic heterocycles. The highest BCUT2D eigenvalue weighted by Crippen LogP contribution is 2.28. The van der Waals surface area contributed by atoms with Crippen LogP contribution in [-0.4, -0.2) is 50.9 Å². The van der Waals surface area contributed by atoms with Gasteiger partial charge in [-0.1, -0.05) is 67.6 Å². The van der Waals surface area contributed by atoms with Gasteiger partial charge < -0.3 is 15.0 Å². The first-order valence-corrected chi connectivity index (χ1v) is 16.6. The van der Waals surface area contributed by atoms with Crippen LogP contribution in [0.2, 0.25) is 10.0 Å². The zero-order valence-electron chi connectivity index (χ0n) is 24.3. The first kappa shape index (κ1) is 32.6. The molecule has 1 aliphatic rings. The molecule has 230 valence electrons. The molecule has 4 rings (SSSR count). The predicted octanol–water partition coefficient (Wildman–Crippen LogP) is 6.45. The SMILES string of the molecule is CCC(C(=O)NC1CCCCC1)N(Cc1ccc(Cl)cc1)C(=O)CN(c1cccc(Cl)c1)S(=O)(=O)c1ccc(OC)cc1. The van der Waals surface area contributed by atoms with E-state index in [1.54, 1.807) is 54.6 Å². The zero-order chi connectivity index (χ0) is 31.0. The molecule has 0 bridgehead atoms. The van der Waals surface area contributed by atoms with Crippen LogP contribution in [0.1, 0.15) is 51.0 Å². The third-order valence-corrected chi connectivity index (χ3v) is 9.90. The van der Waals surface area contributed by atoms with Crippen LogP contribution in [0.5, 0.6) is 5.75 Å². The van der Waals surface area contributed by atoms with Crippen LogP contribution in [0, 0.1) is 0 Å². The van der Waals surface area contributed by atoms with E-state index >= 15 is 0 Å². The van der Waals surface area contributed by atoms with Gasteiger partial charge in [-0.15, -0.1) is 0 Å². The van der Waals surface area contributed by atoms with Gasteiger partial charge in [-0.05, 0) is 79.4 Å². The fraction of sp³-hybridized carbons (Fsp3) is 0.375. The number of benzene rings is 3. The summed E-state index contributed by atoms with van der Waals surface area (Å²) in [7, 11) is -2.73. The molecule has 0 heterocycles. The summed E-state index contributed by atoms with van der Waals surface area (Å²) in [6, 6.07) is 18.5. The number of nitrogens with one attached hydrogen (secondary N) is 1. The van der Waals surface area contributed by atoms with Crippen LogP contribution in [0.4, 0.5) is 5.69 Å². The van der Waals surface area contributed by atoms with Crippen LogP contribution in [0.25, 0.3) is 0 Å². The highest BCUT2D eigenvalue weighted by molar-refractivity contribution is 7.92. The van der Waals surface area contributed by atoms with Gasteiger partial charge in [0.25, 0.3) is 10.0 Å². The molecule has 3 aromatic carbocycles. The molecule has 1 N–H and O–H groups in total. The van der Waals surface area contributed by atoms with Gasteiger partial charge in [0, 0.05) is 22.6 Å². The molecular formula is C32H37Cl2N3O5S. The molecule has 1 aliphatic carbocycles. The Morgan fingerprint density at radius 3 is 2.23 bits per heavy atom. The molecular weight excluding hydrogens is 609 g/mol. The van der Waals surface area contributed by atoms with Crippen molar-refractivity contribution in [2.24, 2.45) is 0 Å². The average molecular weight is 647 g/mol. The van der Waals surface area contributed by atoms with Crippen molar-refractivity contribution in [1.82, 2.24) is 10.2 Å². The summed E-state index contributed by atoms with van der Waals surface area (Å²) < 4.78 is 34.2. The number of hydrogen-bond acceptors (Lipinski definition) is 5. The van der Waals surface area contributed by atoms with E-state index in [1.165, 1.54) is 30.2 Å². The molecule has 1 unspecified atom stereocenters. The molecule has 1 fully saturated rings. The van der Waals surface area contributed by atoms with E-state index < -0.39 is 28.5 Å². The molecule has 0 spiro atoms. The summed E-state index contributed by atoms with van der Waals surface area (Å²) >= 11 is 12.4. The smallest absolute Gasteiger partial charge is 0.264 e. The highest BCUT2D eigenvalue weighted by Gasteiger charge is 2.34. The maximum atomic E-state index is 14.2. The predicted molar refractivity (Wildman–Crippen MR) is 170 cm³/mol.